The number of hydrogen-bond acceptors (Lipinski definition) is 4. The fourth-order valence-corrected chi connectivity index (χ4v) is 3.99. The predicted octanol–water partition coefficient (Wildman–Crippen LogP) is 2.98. The maximum Gasteiger partial charge on any atom is 0.223 e. The van der Waals surface area contributed by atoms with Gasteiger partial charge in [-0.15, -0.1) is 0 Å². The number of nitrogens with zero attached hydrogens (tertiary/aromatic N) is 1. The average molecular weight is 363 g/mol. The number of rotatable bonds is 5. The molecule has 1 atom stereocenters. The molecular formula is C20H26FNO4. The number of hydrogen-bond donors (Lipinski definition) is 0. The third-order valence-corrected chi connectivity index (χ3v) is 5.57. The molecule has 26 heavy (non-hydrogen) atoms. The van der Waals surface area contributed by atoms with Gasteiger partial charge < -0.3 is 14.4 Å². The van der Waals surface area contributed by atoms with Crippen molar-refractivity contribution in [1.29, 1.82) is 0 Å². The first-order chi connectivity index (χ1) is 12.5. The minimum atomic E-state index is -0.376. The summed E-state index contributed by atoms with van der Waals surface area (Å²) in [6.07, 6.45) is 3.95. The van der Waals surface area contributed by atoms with Crippen LogP contribution in [0.5, 0.6) is 0 Å². The van der Waals surface area contributed by atoms with Gasteiger partial charge in [0, 0.05) is 45.2 Å². The molecule has 1 spiro atoms. The van der Waals surface area contributed by atoms with E-state index in [2.05, 4.69) is 0 Å². The minimum absolute atomic E-state index is 0.0138. The summed E-state index contributed by atoms with van der Waals surface area (Å²) in [6.45, 7) is 2.01. The Hall–Kier alpha value is -1.79. The van der Waals surface area contributed by atoms with Crippen LogP contribution in [0.1, 0.15) is 48.9 Å². The second-order valence-electron chi connectivity index (χ2n) is 7.09. The molecule has 142 valence electrons. The molecule has 0 bridgehead atoms. The second kappa shape index (κ2) is 8.27. The van der Waals surface area contributed by atoms with E-state index in [-0.39, 0.29) is 42.1 Å². The molecule has 0 aromatic heterocycles. The van der Waals surface area contributed by atoms with Crippen LogP contribution in [0.25, 0.3) is 0 Å². The molecule has 6 heteroatoms. The Labute approximate surface area is 153 Å². The third kappa shape index (κ3) is 4.13. The molecule has 1 amide bonds. The highest BCUT2D eigenvalue weighted by molar-refractivity contribution is 5.97. The molecule has 0 N–H and O–H groups in total. The lowest BCUT2D eigenvalue weighted by molar-refractivity contribution is -0.188. The van der Waals surface area contributed by atoms with E-state index in [1.54, 1.807) is 7.11 Å². The molecule has 5 nitrogen and oxygen atoms in total. The number of halogens is 1. The lowest BCUT2D eigenvalue weighted by Gasteiger charge is -2.48. The zero-order valence-corrected chi connectivity index (χ0v) is 15.2. The monoisotopic (exact) mass is 363 g/mol. The highest BCUT2D eigenvalue weighted by Crippen LogP contribution is 2.36. The van der Waals surface area contributed by atoms with Crippen LogP contribution >= 0.6 is 0 Å². The zero-order valence-electron chi connectivity index (χ0n) is 15.2. The maximum absolute atomic E-state index is 12.9. The predicted molar refractivity (Wildman–Crippen MR) is 94.5 cm³/mol. The number of ketones is 1. The average Bonchev–Trinajstić information content (AvgIpc) is 2.67. The van der Waals surface area contributed by atoms with Gasteiger partial charge in [0.25, 0.3) is 0 Å². The van der Waals surface area contributed by atoms with Crippen LogP contribution < -0.4 is 0 Å². The van der Waals surface area contributed by atoms with E-state index in [4.69, 9.17) is 9.47 Å². The number of likely N-dealkylation sites (tertiary alicyclic amines) is 1. The van der Waals surface area contributed by atoms with Crippen molar-refractivity contribution < 1.29 is 23.5 Å². The molecular weight excluding hydrogens is 337 g/mol. The Morgan fingerprint density at radius 2 is 1.92 bits per heavy atom. The summed E-state index contributed by atoms with van der Waals surface area (Å²) in [4.78, 5) is 26.4. The Balaban J connectivity index is 1.49. The zero-order chi connectivity index (χ0) is 18.6. The largest absolute Gasteiger partial charge is 0.378 e. The van der Waals surface area contributed by atoms with Crippen molar-refractivity contribution in [1.82, 2.24) is 4.90 Å². The van der Waals surface area contributed by atoms with Crippen LogP contribution in [-0.4, -0.2) is 55.1 Å². The highest BCUT2D eigenvalue weighted by atomic mass is 19.1. The molecule has 0 aliphatic carbocycles. The maximum atomic E-state index is 12.9. The summed E-state index contributed by atoms with van der Waals surface area (Å²) in [7, 11) is 1.72. The van der Waals surface area contributed by atoms with Crippen molar-refractivity contribution in [2.45, 2.75) is 50.2 Å². The van der Waals surface area contributed by atoms with Gasteiger partial charge in [0.05, 0.1) is 11.7 Å². The van der Waals surface area contributed by atoms with Crippen molar-refractivity contribution in [3.8, 4) is 0 Å². The Morgan fingerprint density at radius 3 is 2.58 bits per heavy atom. The van der Waals surface area contributed by atoms with Gasteiger partial charge >= 0.3 is 0 Å². The molecule has 2 fully saturated rings. The van der Waals surface area contributed by atoms with E-state index >= 15 is 0 Å². The molecule has 1 aromatic carbocycles. The first-order valence-corrected chi connectivity index (χ1v) is 9.27. The third-order valence-electron chi connectivity index (χ3n) is 5.57. The number of amides is 1. The lowest BCUT2D eigenvalue weighted by atomic mass is 9.81. The van der Waals surface area contributed by atoms with Gasteiger partial charge in [0.15, 0.2) is 5.78 Å². The quantitative estimate of drug-likeness (QED) is 0.755. The van der Waals surface area contributed by atoms with Crippen LogP contribution in [-0.2, 0) is 14.3 Å². The molecule has 3 rings (SSSR count). The van der Waals surface area contributed by atoms with E-state index in [1.807, 2.05) is 4.90 Å². The molecule has 0 radical (unpaired) electrons. The first kappa shape index (κ1) is 19.0. The van der Waals surface area contributed by atoms with Gasteiger partial charge in [-0.25, -0.2) is 4.39 Å². The highest BCUT2D eigenvalue weighted by Gasteiger charge is 2.45. The number of benzene rings is 1. The summed E-state index contributed by atoms with van der Waals surface area (Å²) >= 11 is 0. The second-order valence-corrected chi connectivity index (χ2v) is 7.09. The molecule has 1 aromatic rings. The fourth-order valence-electron chi connectivity index (χ4n) is 3.99. The van der Waals surface area contributed by atoms with Gasteiger partial charge in [-0.05, 0) is 49.9 Å². The van der Waals surface area contributed by atoms with E-state index < -0.39 is 0 Å². The Kier molecular flexibility index (Phi) is 6.04. The normalized spacial score (nSPS) is 22.4. The van der Waals surface area contributed by atoms with Crippen LogP contribution in [0.15, 0.2) is 24.3 Å². The number of carbonyl (C=O) groups excluding carboxylic acids is 2. The number of ether oxygens (including phenoxy) is 2. The fraction of sp³-hybridized carbons (Fsp3) is 0.600. The van der Waals surface area contributed by atoms with Crippen molar-refractivity contribution in [3.05, 3.63) is 35.6 Å². The number of carbonyl (C=O) groups is 2. The Morgan fingerprint density at radius 1 is 1.23 bits per heavy atom. The van der Waals surface area contributed by atoms with Gasteiger partial charge in [0.1, 0.15) is 5.82 Å². The number of methoxy groups -OCH3 is 1. The molecule has 2 aliphatic heterocycles. The van der Waals surface area contributed by atoms with Gasteiger partial charge in [-0.1, -0.05) is 0 Å². The summed E-state index contributed by atoms with van der Waals surface area (Å²) in [6, 6.07) is 5.43. The van der Waals surface area contributed by atoms with Crippen molar-refractivity contribution in [2.24, 2.45) is 0 Å². The van der Waals surface area contributed by atoms with Crippen LogP contribution in [0.3, 0.4) is 0 Å². The number of piperidine rings is 1. The van der Waals surface area contributed by atoms with Gasteiger partial charge in [-0.3, -0.25) is 9.59 Å². The van der Waals surface area contributed by atoms with Crippen LogP contribution in [0.4, 0.5) is 4.39 Å². The van der Waals surface area contributed by atoms with E-state index in [9.17, 15) is 14.0 Å². The van der Waals surface area contributed by atoms with E-state index in [0.717, 1.165) is 32.3 Å². The molecule has 2 saturated heterocycles. The van der Waals surface area contributed by atoms with Crippen LogP contribution in [0, 0.1) is 5.82 Å². The molecule has 0 unspecified atom stereocenters. The smallest absolute Gasteiger partial charge is 0.223 e. The summed E-state index contributed by atoms with van der Waals surface area (Å²) in [5.74, 6) is -0.527. The first-order valence-electron chi connectivity index (χ1n) is 9.27. The lowest BCUT2D eigenvalue weighted by Crippen LogP contribution is -2.56. The van der Waals surface area contributed by atoms with Crippen LogP contribution in [0.2, 0.25) is 0 Å². The molecule has 0 saturated carbocycles. The topological polar surface area (TPSA) is 55.8 Å². The standard InChI is InChI=1S/C20H26FNO4/c1-25-18-3-2-14-26-20(18)10-12-22(13-11-20)19(24)9-8-17(23)15-4-6-16(21)7-5-15/h4-7,18H,2-3,8-14H2,1H3/t18-/m1/s1. The summed E-state index contributed by atoms with van der Waals surface area (Å²) < 4.78 is 24.6. The van der Waals surface area contributed by atoms with Gasteiger partial charge in [0.2, 0.25) is 5.91 Å². The molecule has 2 heterocycles. The summed E-state index contributed by atoms with van der Waals surface area (Å²) in [5, 5.41) is 0. The minimum Gasteiger partial charge on any atom is -0.378 e. The van der Waals surface area contributed by atoms with Crippen molar-refractivity contribution >= 4 is 11.7 Å². The van der Waals surface area contributed by atoms with E-state index in [0.29, 0.717) is 18.7 Å². The SMILES string of the molecule is CO[C@@H]1CCCOC12CCN(C(=O)CCC(=O)c1ccc(F)cc1)CC2. The van der Waals surface area contributed by atoms with Crippen molar-refractivity contribution in [3.63, 3.8) is 0 Å². The van der Waals surface area contributed by atoms with Gasteiger partial charge in [-0.2, -0.15) is 0 Å². The van der Waals surface area contributed by atoms with Crippen molar-refractivity contribution in [2.75, 3.05) is 26.8 Å². The summed E-state index contributed by atoms with van der Waals surface area (Å²) in [5.41, 5.74) is 0.170. The Bertz CT molecular complexity index is 638. The van der Waals surface area contributed by atoms with E-state index in [1.165, 1.54) is 24.3 Å². The number of Topliss-reactive ketones (excluding diaryl/α,β-unsaturated/α-hetero) is 1. The molecule has 2 aliphatic rings.